The zero-order valence-corrected chi connectivity index (χ0v) is 18.1. The van der Waals surface area contributed by atoms with Crippen LogP contribution < -0.4 is 0 Å². The third kappa shape index (κ3) is 5.62. The topological polar surface area (TPSA) is 66.8 Å². The van der Waals surface area contributed by atoms with Crippen molar-refractivity contribution in [3.8, 4) is 0 Å². The predicted molar refractivity (Wildman–Crippen MR) is 115 cm³/mol. The monoisotopic (exact) mass is 420 g/mol. The van der Waals surface area contributed by atoms with E-state index in [2.05, 4.69) is 18.2 Å². The first kappa shape index (κ1) is 22.3. The van der Waals surface area contributed by atoms with Gasteiger partial charge in [-0.3, -0.25) is 4.79 Å². The maximum absolute atomic E-state index is 11.6. The molecule has 5 unspecified atom stereocenters. The van der Waals surface area contributed by atoms with Gasteiger partial charge in [-0.05, 0) is 75.0 Å². The third-order valence-electron chi connectivity index (χ3n) is 6.10. The molecule has 4 nitrogen and oxygen atoms in total. The number of carbonyl (C=O) groups is 1. The average molecular weight is 421 g/mol. The lowest BCUT2D eigenvalue weighted by atomic mass is 9.84. The Morgan fingerprint density at radius 3 is 2.86 bits per heavy atom. The molecule has 0 aromatic heterocycles. The fourth-order valence-electron chi connectivity index (χ4n) is 4.71. The molecule has 5 heteroatoms. The molecule has 0 aliphatic heterocycles. The summed E-state index contributed by atoms with van der Waals surface area (Å²) in [7, 11) is 0. The minimum absolute atomic E-state index is 0.0196. The zero-order valence-electron chi connectivity index (χ0n) is 17.4. The molecule has 0 amide bonds. The largest absolute Gasteiger partial charge is 0.463 e. The van der Waals surface area contributed by atoms with Gasteiger partial charge in [0.1, 0.15) is 0 Å². The lowest BCUT2D eigenvalue weighted by Crippen LogP contribution is -2.18. The lowest BCUT2D eigenvalue weighted by Gasteiger charge is -2.23. The van der Waals surface area contributed by atoms with Crippen molar-refractivity contribution in [3.05, 3.63) is 47.0 Å². The third-order valence-corrected chi connectivity index (χ3v) is 6.60. The highest BCUT2D eigenvalue weighted by molar-refractivity contribution is 6.21. The Hall–Kier alpha value is -1.36. The Labute approximate surface area is 178 Å². The van der Waals surface area contributed by atoms with E-state index in [1.54, 1.807) is 0 Å². The van der Waals surface area contributed by atoms with E-state index >= 15 is 0 Å². The lowest BCUT2D eigenvalue weighted by molar-refractivity contribution is -0.147. The zero-order chi connectivity index (χ0) is 21.0. The Kier molecular flexibility index (Phi) is 7.78. The number of ether oxygens (including phenoxy) is 1. The molecule has 1 aromatic rings. The van der Waals surface area contributed by atoms with Crippen LogP contribution in [0.5, 0.6) is 0 Å². The van der Waals surface area contributed by atoms with Crippen molar-refractivity contribution in [1.82, 2.24) is 0 Å². The van der Waals surface area contributed by atoms with Crippen molar-refractivity contribution in [3.63, 3.8) is 0 Å². The minimum Gasteiger partial charge on any atom is -0.463 e. The Balaban J connectivity index is 1.56. The molecule has 3 rings (SSSR count). The summed E-state index contributed by atoms with van der Waals surface area (Å²) in [6.07, 6.45) is 8.50. The number of fused-ring (bicyclic) bond motifs is 1. The van der Waals surface area contributed by atoms with Gasteiger partial charge in [0.25, 0.3) is 0 Å². The molecule has 2 aliphatic carbocycles. The summed E-state index contributed by atoms with van der Waals surface area (Å²) in [4.78, 5) is 11.6. The minimum atomic E-state index is -0.439. The van der Waals surface area contributed by atoms with Gasteiger partial charge in [0, 0.05) is 17.7 Å². The van der Waals surface area contributed by atoms with Crippen LogP contribution in [0, 0.1) is 5.92 Å². The van der Waals surface area contributed by atoms with Crippen molar-refractivity contribution in [2.24, 2.45) is 5.92 Å². The molecule has 0 spiro atoms. The Morgan fingerprint density at radius 1 is 1.31 bits per heavy atom. The second-order valence-corrected chi connectivity index (χ2v) is 9.22. The summed E-state index contributed by atoms with van der Waals surface area (Å²) in [5, 5.41) is 20.6. The van der Waals surface area contributed by atoms with Gasteiger partial charge in [-0.15, -0.1) is 11.6 Å². The number of aryl methyl sites for hydroxylation is 1. The molecule has 0 heterocycles. The molecule has 29 heavy (non-hydrogen) atoms. The van der Waals surface area contributed by atoms with E-state index in [1.807, 2.05) is 26.0 Å². The van der Waals surface area contributed by atoms with Crippen molar-refractivity contribution < 1.29 is 19.7 Å². The van der Waals surface area contributed by atoms with Crippen LogP contribution in [0.4, 0.5) is 0 Å². The number of aliphatic hydroxyl groups excluding tert-OH is 2. The fraction of sp³-hybridized carbons (Fsp3) is 0.625. The highest BCUT2D eigenvalue weighted by Crippen LogP contribution is 2.46. The normalized spacial score (nSPS) is 29.0. The molecule has 160 valence electrons. The van der Waals surface area contributed by atoms with E-state index in [4.69, 9.17) is 16.3 Å². The van der Waals surface area contributed by atoms with Gasteiger partial charge in [-0.25, -0.2) is 0 Å². The fourth-order valence-corrected chi connectivity index (χ4v) is 5.15. The molecule has 5 atom stereocenters. The SMILES string of the molecule is CC(C)OC(=O)CCC/C=C/CC1C(Cl)CC(O)C1c1ccc2c(c1)CCC2O. The van der Waals surface area contributed by atoms with Crippen LogP contribution in [0.15, 0.2) is 30.4 Å². The highest BCUT2D eigenvalue weighted by Gasteiger charge is 2.42. The molecule has 2 N–H and O–H groups in total. The summed E-state index contributed by atoms with van der Waals surface area (Å²) in [6.45, 7) is 3.71. The van der Waals surface area contributed by atoms with Crippen molar-refractivity contribution >= 4 is 17.6 Å². The molecule has 1 fully saturated rings. The number of rotatable bonds is 8. The number of hydrogen-bond donors (Lipinski definition) is 2. The van der Waals surface area contributed by atoms with Gasteiger partial charge in [0.15, 0.2) is 0 Å². The van der Waals surface area contributed by atoms with E-state index in [0.717, 1.165) is 43.2 Å². The van der Waals surface area contributed by atoms with Gasteiger partial charge >= 0.3 is 5.97 Å². The second-order valence-electron chi connectivity index (χ2n) is 8.66. The number of hydrogen-bond acceptors (Lipinski definition) is 4. The van der Waals surface area contributed by atoms with Crippen LogP contribution >= 0.6 is 11.6 Å². The van der Waals surface area contributed by atoms with Crippen LogP contribution in [0.2, 0.25) is 0 Å². The summed E-state index contributed by atoms with van der Waals surface area (Å²) in [5.41, 5.74) is 3.35. The molecule has 0 bridgehead atoms. The van der Waals surface area contributed by atoms with Crippen molar-refractivity contribution in [2.45, 2.75) is 88.4 Å². The van der Waals surface area contributed by atoms with E-state index in [1.165, 1.54) is 5.56 Å². The predicted octanol–water partition coefficient (Wildman–Crippen LogP) is 4.81. The van der Waals surface area contributed by atoms with Gasteiger partial charge in [0.2, 0.25) is 0 Å². The van der Waals surface area contributed by atoms with E-state index < -0.39 is 6.10 Å². The van der Waals surface area contributed by atoms with Crippen LogP contribution in [0.1, 0.15) is 81.1 Å². The van der Waals surface area contributed by atoms with Crippen LogP contribution in [-0.4, -0.2) is 33.8 Å². The van der Waals surface area contributed by atoms with Gasteiger partial charge in [-0.2, -0.15) is 0 Å². The van der Waals surface area contributed by atoms with E-state index in [0.29, 0.717) is 12.8 Å². The van der Waals surface area contributed by atoms with Crippen LogP contribution in [-0.2, 0) is 16.0 Å². The number of allylic oxidation sites excluding steroid dienone is 2. The quantitative estimate of drug-likeness (QED) is 0.274. The molecule has 1 aromatic carbocycles. The average Bonchev–Trinajstić information content (AvgIpc) is 3.16. The van der Waals surface area contributed by atoms with Crippen molar-refractivity contribution in [1.29, 1.82) is 0 Å². The first-order valence-corrected chi connectivity index (χ1v) is 11.3. The maximum Gasteiger partial charge on any atom is 0.306 e. The maximum atomic E-state index is 11.6. The molecule has 1 saturated carbocycles. The number of alkyl halides is 1. The Bertz CT molecular complexity index is 730. The number of carbonyl (C=O) groups excluding carboxylic acids is 1. The van der Waals surface area contributed by atoms with Crippen LogP contribution in [0.25, 0.3) is 0 Å². The molecule has 2 aliphatic rings. The van der Waals surface area contributed by atoms with Gasteiger partial charge in [0.05, 0.1) is 18.3 Å². The number of aliphatic hydroxyl groups is 2. The number of esters is 1. The Morgan fingerprint density at radius 2 is 2.10 bits per heavy atom. The van der Waals surface area contributed by atoms with Gasteiger partial charge < -0.3 is 14.9 Å². The highest BCUT2D eigenvalue weighted by atomic mass is 35.5. The molecular formula is C24H33ClO4. The van der Waals surface area contributed by atoms with Crippen LogP contribution in [0.3, 0.4) is 0 Å². The standard InChI is InChI=1S/C24H33ClO4/c1-15(2)29-23(28)8-6-4-3-5-7-19-20(25)14-22(27)24(19)17-9-11-18-16(13-17)10-12-21(18)26/h3,5,9,11,13,15,19-22,24,26-27H,4,6-8,10,12,14H2,1-2H3/b5-3+. The molecular weight excluding hydrogens is 388 g/mol. The number of unbranched alkanes of at least 4 members (excludes halogenated alkanes) is 1. The number of benzene rings is 1. The second kappa shape index (κ2) is 10.1. The first-order chi connectivity index (χ1) is 13.9. The van der Waals surface area contributed by atoms with Crippen molar-refractivity contribution in [2.75, 3.05) is 0 Å². The van der Waals surface area contributed by atoms with E-state index in [9.17, 15) is 15.0 Å². The summed E-state index contributed by atoms with van der Waals surface area (Å²) < 4.78 is 5.14. The molecule has 0 radical (unpaired) electrons. The van der Waals surface area contributed by atoms with E-state index in [-0.39, 0.29) is 35.4 Å². The molecule has 0 saturated heterocycles. The number of halogens is 1. The summed E-state index contributed by atoms with van der Waals surface area (Å²) in [5.74, 6) is 0.0549. The van der Waals surface area contributed by atoms with Gasteiger partial charge in [-0.1, -0.05) is 30.4 Å². The smallest absolute Gasteiger partial charge is 0.306 e. The summed E-state index contributed by atoms with van der Waals surface area (Å²) >= 11 is 6.59. The summed E-state index contributed by atoms with van der Waals surface area (Å²) in [6, 6.07) is 6.22. The first-order valence-electron chi connectivity index (χ1n) is 10.8.